The molecule has 0 spiro atoms. The fraction of sp³-hybridized carbons (Fsp3) is 0.231. The van der Waals surface area contributed by atoms with E-state index in [0.29, 0.717) is 22.6 Å². The number of rotatable bonds is 4. The fourth-order valence-corrected chi connectivity index (χ4v) is 2.15. The first-order valence-corrected chi connectivity index (χ1v) is 6.54. The Kier molecular flexibility index (Phi) is 4.31. The molecule has 0 saturated carbocycles. The Labute approximate surface area is 114 Å². The van der Waals surface area contributed by atoms with Crippen molar-refractivity contribution in [2.24, 2.45) is 0 Å². The summed E-state index contributed by atoms with van der Waals surface area (Å²) >= 11 is 0.536. The summed E-state index contributed by atoms with van der Waals surface area (Å²) in [6, 6.07) is 6.93. The van der Waals surface area contributed by atoms with E-state index in [9.17, 15) is 8.78 Å². The summed E-state index contributed by atoms with van der Waals surface area (Å²) in [4.78, 5) is 9.03. The Morgan fingerprint density at radius 2 is 1.89 bits per heavy atom. The van der Waals surface area contributed by atoms with Crippen LogP contribution in [0.5, 0.6) is 0 Å². The fourth-order valence-electron chi connectivity index (χ4n) is 1.65. The molecule has 1 N–H and O–H groups in total. The summed E-state index contributed by atoms with van der Waals surface area (Å²) in [5.41, 5.74) is 2.62. The van der Waals surface area contributed by atoms with Crippen molar-refractivity contribution in [1.29, 1.82) is 0 Å². The Morgan fingerprint density at radius 1 is 1.21 bits per heavy atom. The van der Waals surface area contributed by atoms with Gasteiger partial charge in [-0.3, -0.25) is 0 Å². The number of hydrogen-bond donors (Lipinski definition) is 1. The summed E-state index contributed by atoms with van der Waals surface area (Å²) in [6.45, 7) is 1.91. The molecular weight excluding hydrogens is 268 g/mol. The topological polar surface area (TPSA) is 37.8 Å². The van der Waals surface area contributed by atoms with Crippen molar-refractivity contribution >= 4 is 17.7 Å². The second kappa shape index (κ2) is 5.97. The van der Waals surface area contributed by atoms with E-state index in [1.54, 1.807) is 37.5 Å². The molecule has 6 heteroatoms. The van der Waals surface area contributed by atoms with Crippen molar-refractivity contribution < 1.29 is 8.78 Å². The molecule has 0 bridgehead atoms. The second-order valence-corrected chi connectivity index (χ2v) is 4.94. The highest BCUT2D eigenvalue weighted by Crippen LogP contribution is 2.28. The number of nitrogens with one attached hydrogen (secondary N) is 1. The van der Waals surface area contributed by atoms with Crippen molar-refractivity contribution in [3.8, 4) is 11.3 Å². The van der Waals surface area contributed by atoms with E-state index in [-0.39, 0.29) is 0 Å². The molecule has 0 aliphatic carbocycles. The third-order valence-corrected chi connectivity index (χ3v) is 3.27. The van der Waals surface area contributed by atoms with Gasteiger partial charge in [0.2, 0.25) is 5.95 Å². The molecule has 0 atom stereocenters. The number of halogens is 2. The minimum absolute atomic E-state index is 0.534. The lowest BCUT2D eigenvalue weighted by Gasteiger charge is -2.08. The molecule has 0 saturated heterocycles. The molecule has 2 rings (SSSR count). The molecule has 100 valence electrons. The maximum atomic E-state index is 12.2. The molecule has 0 fully saturated rings. The average Bonchev–Trinajstić information content (AvgIpc) is 2.40. The van der Waals surface area contributed by atoms with Crippen LogP contribution in [0.15, 0.2) is 35.4 Å². The maximum Gasteiger partial charge on any atom is 0.288 e. The lowest BCUT2D eigenvalue weighted by molar-refractivity contribution is 0.252. The summed E-state index contributed by atoms with van der Waals surface area (Å²) in [5.74, 6) is -1.87. The molecule has 0 amide bonds. The van der Waals surface area contributed by atoms with Crippen LogP contribution >= 0.6 is 11.8 Å². The number of nitrogens with zero attached hydrogens (tertiary/aromatic N) is 2. The van der Waals surface area contributed by atoms with Gasteiger partial charge in [-0.2, -0.15) is 8.78 Å². The van der Waals surface area contributed by atoms with Crippen molar-refractivity contribution in [3.05, 3.63) is 36.0 Å². The monoisotopic (exact) mass is 281 g/mol. The van der Waals surface area contributed by atoms with Crippen LogP contribution in [0.1, 0.15) is 5.56 Å². The Morgan fingerprint density at radius 3 is 2.47 bits per heavy atom. The minimum Gasteiger partial charge on any atom is -0.357 e. The smallest absolute Gasteiger partial charge is 0.288 e. The minimum atomic E-state index is -2.40. The van der Waals surface area contributed by atoms with Gasteiger partial charge in [0.15, 0.2) is 0 Å². The number of benzene rings is 1. The van der Waals surface area contributed by atoms with E-state index in [1.807, 2.05) is 6.92 Å². The predicted molar refractivity (Wildman–Crippen MR) is 73.6 cm³/mol. The molecule has 0 radical (unpaired) electrons. The van der Waals surface area contributed by atoms with Crippen LogP contribution in [0.3, 0.4) is 0 Å². The van der Waals surface area contributed by atoms with Gasteiger partial charge in [0, 0.05) is 23.7 Å². The van der Waals surface area contributed by atoms with E-state index in [4.69, 9.17) is 0 Å². The van der Waals surface area contributed by atoms with Gasteiger partial charge < -0.3 is 5.32 Å². The Hall–Kier alpha value is -1.69. The average molecular weight is 281 g/mol. The van der Waals surface area contributed by atoms with Crippen LogP contribution in [0.4, 0.5) is 14.7 Å². The predicted octanol–water partition coefficient (Wildman–Crippen LogP) is 3.81. The normalized spacial score (nSPS) is 10.8. The third kappa shape index (κ3) is 3.41. The van der Waals surface area contributed by atoms with Crippen LogP contribution in [-0.2, 0) is 0 Å². The first-order valence-electron chi connectivity index (χ1n) is 5.67. The van der Waals surface area contributed by atoms with E-state index < -0.39 is 5.76 Å². The van der Waals surface area contributed by atoms with Gasteiger partial charge >= 0.3 is 0 Å². The van der Waals surface area contributed by atoms with Crippen molar-refractivity contribution in [1.82, 2.24) is 9.97 Å². The van der Waals surface area contributed by atoms with Gasteiger partial charge in [0.25, 0.3) is 5.76 Å². The van der Waals surface area contributed by atoms with Gasteiger partial charge in [0.1, 0.15) is 0 Å². The lowest BCUT2D eigenvalue weighted by atomic mass is 10.1. The van der Waals surface area contributed by atoms with Gasteiger partial charge in [-0.25, -0.2) is 9.97 Å². The first-order chi connectivity index (χ1) is 9.10. The van der Waals surface area contributed by atoms with Crippen LogP contribution in [0.25, 0.3) is 11.3 Å². The second-order valence-electron chi connectivity index (χ2n) is 3.88. The molecule has 2 aromatic rings. The summed E-state index contributed by atoms with van der Waals surface area (Å²) < 4.78 is 24.5. The summed E-state index contributed by atoms with van der Waals surface area (Å²) in [7, 11) is 1.75. The van der Waals surface area contributed by atoms with E-state index in [0.717, 1.165) is 16.8 Å². The highest BCUT2D eigenvalue weighted by molar-refractivity contribution is 7.99. The lowest BCUT2D eigenvalue weighted by Crippen LogP contribution is -1.99. The highest BCUT2D eigenvalue weighted by atomic mass is 32.2. The van der Waals surface area contributed by atoms with E-state index in [2.05, 4.69) is 15.3 Å². The number of alkyl halides is 2. The number of hydrogen-bond acceptors (Lipinski definition) is 4. The quantitative estimate of drug-likeness (QED) is 0.865. The molecule has 0 unspecified atom stereocenters. The Bertz CT molecular complexity index is 558. The molecular formula is C13H13F2N3S. The molecule has 0 aliphatic rings. The summed E-state index contributed by atoms with van der Waals surface area (Å²) in [6.07, 6.45) is 1.73. The standard InChI is InChI=1S/C13H13F2N3S/c1-8-7-17-13(16-2)18-11(8)9-3-5-10(6-4-9)19-12(14)15/h3-7,12H,1-2H3,(H,16,17,18). The number of aryl methyl sites for hydroxylation is 1. The summed E-state index contributed by atoms with van der Waals surface area (Å²) in [5, 5.41) is 2.88. The maximum absolute atomic E-state index is 12.2. The van der Waals surface area contributed by atoms with Crippen molar-refractivity contribution in [2.45, 2.75) is 17.6 Å². The van der Waals surface area contributed by atoms with Gasteiger partial charge in [-0.15, -0.1) is 0 Å². The largest absolute Gasteiger partial charge is 0.357 e. The number of thioether (sulfide) groups is 1. The highest BCUT2D eigenvalue weighted by Gasteiger charge is 2.08. The van der Waals surface area contributed by atoms with Crippen molar-refractivity contribution in [2.75, 3.05) is 12.4 Å². The van der Waals surface area contributed by atoms with E-state index in [1.165, 1.54) is 0 Å². The molecule has 0 aliphatic heterocycles. The van der Waals surface area contributed by atoms with Crippen LogP contribution in [-0.4, -0.2) is 22.8 Å². The SMILES string of the molecule is CNc1ncc(C)c(-c2ccc(SC(F)F)cc2)n1. The van der Waals surface area contributed by atoms with Crippen LogP contribution in [0.2, 0.25) is 0 Å². The first kappa shape index (κ1) is 13.7. The van der Waals surface area contributed by atoms with Crippen LogP contribution < -0.4 is 5.32 Å². The molecule has 3 nitrogen and oxygen atoms in total. The molecule has 19 heavy (non-hydrogen) atoms. The van der Waals surface area contributed by atoms with Gasteiger partial charge in [0.05, 0.1) is 5.69 Å². The van der Waals surface area contributed by atoms with Gasteiger partial charge in [-0.05, 0) is 24.6 Å². The molecule has 1 aromatic carbocycles. The zero-order chi connectivity index (χ0) is 13.8. The zero-order valence-corrected chi connectivity index (χ0v) is 11.3. The van der Waals surface area contributed by atoms with Crippen molar-refractivity contribution in [3.63, 3.8) is 0 Å². The van der Waals surface area contributed by atoms with Crippen LogP contribution in [0, 0.1) is 6.92 Å². The van der Waals surface area contributed by atoms with E-state index >= 15 is 0 Å². The third-order valence-electron chi connectivity index (χ3n) is 2.55. The zero-order valence-electron chi connectivity index (χ0n) is 10.5. The molecule has 1 heterocycles. The Balaban J connectivity index is 2.31. The van der Waals surface area contributed by atoms with Gasteiger partial charge in [-0.1, -0.05) is 23.9 Å². The number of anilines is 1. The molecule has 1 aromatic heterocycles. The number of aromatic nitrogens is 2.